The Bertz CT molecular complexity index is 762. The maximum atomic E-state index is 12.7. The van der Waals surface area contributed by atoms with Crippen LogP contribution in [0.2, 0.25) is 0 Å². The fraction of sp³-hybridized carbons (Fsp3) is 0.526. The Labute approximate surface area is 147 Å². The number of aliphatic hydroxyl groups excluding tert-OH is 1. The molecule has 6 heteroatoms. The van der Waals surface area contributed by atoms with Gasteiger partial charge in [0, 0.05) is 48.6 Å². The number of nitrogens with one attached hydrogen (secondary N) is 2. The fourth-order valence-corrected chi connectivity index (χ4v) is 4.33. The Morgan fingerprint density at radius 1 is 1.40 bits per heavy atom. The van der Waals surface area contributed by atoms with Gasteiger partial charge < -0.3 is 25.0 Å². The van der Waals surface area contributed by atoms with Crippen LogP contribution in [-0.2, 0) is 4.74 Å². The lowest BCUT2D eigenvalue weighted by Crippen LogP contribution is -2.63. The van der Waals surface area contributed by atoms with Gasteiger partial charge in [-0.05, 0) is 38.0 Å². The van der Waals surface area contributed by atoms with Gasteiger partial charge in [-0.25, -0.2) is 4.79 Å². The Kier molecular flexibility index (Phi) is 4.17. The van der Waals surface area contributed by atoms with Crippen molar-refractivity contribution in [1.82, 2.24) is 9.88 Å². The summed E-state index contributed by atoms with van der Waals surface area (Å²) in [6.45, 7) is 3.96. The highest BCUT2D eigenvalue weighted by atomic mass is 16.5. The van der Waals surface area contributed by atoms with Crippen LogP contribution in [-0.4, -0.2) is 52.9 Å². The third-order valence-corrected chi connectivity index (χ3v) is 5.93. The molecule has 0 unspecified atom stereocenters. The fourth-order valence-electron chi connectivity index (χ4n) is 4.33. The first-order valence-electron chi connectivity index (χ1n) is 9.06. The average Bonchev–Trinajstić information content (AvgIpc) is 3.11. The predicted molar refractivity (Wildman–Crippen MR) is 96.6 cm³/mol. The molecular weight excluding hydrogens is 318 g/mol. The molecule has 2 amide bonds. The molecule has 2 aliphatic rings. The molecule has 2 heterocycles. The lowest BCUT2D eigenvalue weighted by atomic mass is 9.58. The summed E-state index contributed by atoms with van der Waals surface area (Å²) in [7, 11) is 0. The van der Waals surface area contributed by atoms with E-state index in [1.165, 1.54) is 0 Å². The number of aromatic nitrogens is 1. The van der Waals surface area contributed by atoms with E-state index >= 15 is 0 Å². The summed E-state index contributed by atoms with van der Waals surface area (Å²) in [5.41, 5.74) is 1.67. The number of rotatable bonds is 3. The van der Waals surface area contributed by atoms with E-state index in [1.807, 2.05) is 42.3 Å². The maximum Gasteiger partial charge on any atom is 0.321 e. The van der Waals surface area contributed by atoms with Gasteiger partial charge in [-0.3, -0.25) is 0 Å². The number of likely N-dealkylation sites (tertiary alicyclic amines) is 1. The molecule has 3 N–H and O–H groups in total. The molecule has 2 fully saturated rings. The minimum Gasteiger partial charge on any atom is -0.392 e. The summed E-state index contributed by atoms with van der Waals surface area (Å²) in [6, 6.07) is 7.72. The van der Waals surface area contributed by atoms with Crippen molar-refractivity contribution in [2.75, 3.05) is 25.0 Å². The summed E-state index contributed by atoms with van der Waals surface area (Å²) in [5, 5.41) is 14.3. The lowest BCUT2D eigenvalue weighted by Gasteiger charge is -2.56. The van der Waals surface area contributed by atoms with Gasteiger partial charge in [-0.1, -0.05) is 6.07 Å². The quantitative estimate of drug-likeness (QED) is 0.802. The van der Waals surface area contributed by atoms with Gasteiger partial charge in [-0.2, -0.15) is 0 Å². The number of H-pyrrole nitrogens is 1. The number of aliphatic hydroxyl groups is 1. The first kappa shape index (κ1) is 16.4. The number of carbonyl (C=O) groups excluding carboxylic acids is 1. The molecule has 6 nitrogen and oxygen atoms in total. The van der Waals surface area contributed by atoms with Gasteiger partial charge in [-0.15, -0.1) is 0 Å². The molecule has 1 saturated carbocycles. The third-order valence-electron chi connectivity index (χ3n) is 5.93. The number of hydrogen-bond donors (Lipinski definition) is 3. The molecule has 25 heavy (non-hydrogen) atoms. The van der Waals surface area contributed by atoms with Gasteiger partial charge in [0.25, 0.3) is 0 Å². The van der Waals surface area contributed by atoms with E-state index in [-0.39, 0.29) is 23.7 Å². The van der Waals surface area contributed by atoms with Crippen molar-refractivity contribution < 1.29 is 14.6 Å². The number of fused-ring (bicyclic) bond motifs is 1. The monoisotopic (exact) mass is 343 g/mol. The van der Waals surface area contributed by atoms with Crippen LogP contribution in [0.4, 0.5) is 10.5 Å². The summed E-state index contributed by atoms with van der Waals surface area (Å²) in [6.07, 6.45) is 4.00. The van der Waals surface area contributed by atoms with E-state index in [2.05, 4.69) is 10.3 Å². The molecule has 2 aromatic rings. The second-order valence-corrected chi connectivity index (χ2v) is 7.09. The van der Waals surface area contributed by atoms with Gasteiger partial charge in [0.15, 0.2) is 0 Å². The second-order valence-electron chi connectivity index (χ2n) is 7.09. The Hall–Kier alpha value is -2.05. The highest BCUT2D eigenvalue weighted by Gasteiger charge is 2.56. The number of nitrogens with zero attached hydrogens (tertiary/aromatic N) is 1. The lowest BCUT2D eigenvalue weighted by molar-refractivity contribution is -0.207. The number of hydrogen-bond acceptors (Lipinski definition) is 3. The average molecular weight is 343 g/mol. The molecule has 2 atom stereocenters. The maximum absolute atomic E-state index is 12.7. The second kappa shape index (κ2) is 6.35. The number of carbonyl (C=O) groups is 1. The SMILES string of the molecule is CCO[C@@H]1C[C@H](O)C12CCN(C(=O)Nc1cccc3[nH]ccc13)CC2. The summed E-state index contributed by atoms with van der Waals surface area (Å²) >= 11 is 0. The smallest absolute Gasteiger partial charge is 0.321 e. The largest absolute Gasteiger partial charge is 0.392 e. The normalized spacial score (nSPS) is 25.1. The van der Waals surface area contributed by atoms with Gasteiger partial charge in [0.2, 0.25) is 0 Å². The molecular formula is C19H25N3O3. The first-order chi connectivity index (χ1) is 12.1. The van der Waals surface area contributed by atoms with Crippen LogP contribution in [0, 0.1) is 5.41 Å². The molecule has 0 radical (unpaired) electrons. The van der Waals surface area contributed by atoms with E-state index in [1.54, 1.807) is 0 Å². The predicted octanol–water partition coefficient (Wildman–Crippen LogP) is 2.95. The van der Waals surface area contributed by atoms with Crippen molar-refractivity contribution in [3.05, 3.63) is 30.5 Å². The van der Waals surface area contributed by atoms with Crippen LogP contribution >= 0.6 is 0 Å². The number of ether oxygens (including phenoxy) is 1. The highest BCUT2D eigenvalue weighted by Crippen LogP contribution is 2.50. The standard InChI is InChI=1S/C19H25N3O3/c1-2-25-17-12-16(23)19(17)7-10-22(11-8-19)18(24)21-15-5-3-4-14-13(15)6-9-20-14/h3-6,9,16-17,20,23H,2,7-8,10-12H2,1H3,(H,21,24)/t16-,17+/m0/s1. The first-order valence-corrected chi connectivity index (χ1v) is 9.06. The minimum absolute atomic E-state index is 0.0784. The van der Waals surface area contributed by atoms with Crippen LogP contribution in [0.25, 0.3) is 10.9 Å². The van der Waals surface area contributed by atoms with Crippen molar-refractivity contribution in [3.63, 3.8) is 0 Å². The van der Waals surface area contributed by atoms with E-state index < -0.39 is 0 Å². The third kappa shape index (κ3) is 2.69. The van der Waals surface area contributed by atoms with Crippen LogP contribution in [0.15, 0.2) is 30.5 Å². The van der Waals surface area contributed by atoms with Crippen LogP contribution in [0.1, 0.15) is 26.2 Å². The van der Waals surface area contributed by atoms with E-state index in [9.17, 15) is 9.90 Å². The van der Waals surface area contributed by atoms with Gasteiger partial charge in [0.05, 0.1) is 17.9 Å². The zero-order chi connectivity index (χ0) is 17.4. The number of benzene rings is 1. The number of piperidine rings is 1. The Balaban J connectivity index is 1.41. The zero-order valence-electron chi connectivity index (χ0n) is 14.5. The Morgan fingerprint density at radius 2 is 2.20 bits per heavy atom. The van der Waals surface area contributed by atoms with Crippen LogP contribution in [0.5, 0.6) is 0 Å². The van der Waals surface area contributed by atoms with Crippen molar-refractivity contribution in [2.45, 2.75) is 38.4 Å². The van der Waals surface area contributed by atoms with Crippen molar-refractivity contribution >= 4 is 22.6 Å². The molecule has 1 aromatic carbocycles. The number of aromatic amines is 1. The van der Waals surface area contributed by atoms with Crippen molar-refractivity contribution in [3.8, 4) is 0 Å². The molecule has 1 saturated heterocycles. The Morgan fingerprint density at radius 3 is 2.92 bits per heavy atom. The molecule has 1 aliphatic heterocycles. The number of urea groups is 1. The highest BCUT2D eigenvalue weighted by molar-refractivity contribution is 6.00. The van der Waals surface area contributed by atoms with E-state index in [0.29, 0.717) is 19.7 Å². The zero-order valence-corrected chi connectivity index (χ0v) is 14.5. The van der Waals surface area contributed by atoms with Gasteiger partial charge in [0.1, 0.15) is 0 Å². The summed E-state index contributed by atoms with van der Waals surface area (Å²) < 4.78 is 5.79. The molecule has 1 aliphatic carbocycles. The summed E-state index contributed by atoms with van der Waals surface area (Å²) in [4.78, 5) is 17.6. The molecule has 4 rings (SSSR count). The van der Waals surface area contributed by atoms with E-state index in [0.717, 1.165) is 35.9 Å². The van der Waals surface area contributed by atoms with E-state index in [4.69, 9.17) is 4.74 Å². The molecule has 1 spiro atoms. The van der Waals surface area contributed by atoms with Crippen molar-refractivity contribution in [1.29, 1.82) is 0 Å². The molecule has 1 aromatic heterocycles. The molecule has 134 valence electrons. The van der Waals surface area contributed by atoms with Crippen LogP contribution in [0.3, 0.4) is 0 Å². The van der Waals surface area contributed by atoms with Crippen LogP contribution < -0.4 is 5.32 Å². The number of amides is 2. The number of anilines is 1. The topological polar surface area (TPSA) is 77.6 Å². The summed E-state index contributed by atoms with van der Waals surface area (Å²) in [5.74, 6) is 0. The van der Waals surface area contributed by atoms with Gasteiger partial charge >= 0.3 is 6.03 Å². The minimum atomic E-state index is -0.303. The van der Waals surface area contributed by atoms with Crippen molar-refractivity contribution in [2.24, 2.45) is 5.41 Å². The molecule has 0 bridgehead atoms.